The molecule has 0 spiro atoms. The van der Waals surface area contributed by atoms with E-state index in [2.05, 4.69) is 32.6 Å². The number of likely N-dealkylation sites (N-methyl/N-ethyl adjacent to an activating group) is 1. The first-order valence-electron chi connectivity index (χ1n) is 6.49. The SMILES string of the molecule is CCN(CC)C1(CN)CCCCC1(C)C. The van der Waals surface area contributed by atoms with Gasteiger partial charge < -0.3 is 5.73 Å². The fourth-order valence-corrected chi connectivity index (χ4v) is 3.48. The van der Waals surface area contributed by atoms with Crippen molar-refractivity contribution in [2.75, 3.05) is 19.6 Å². The second-order valence-electron chi connectivity index (χ2n) is 5.50. The van der Waals surface area contributed by atoms with Crippen LogP contribution < -0.4 is 5.73 Å². The highest BCUT2D eigenvalue weighted by atomic mass is 15.2. The van der Waals surface area contributed by atoms with E-state index < -0.39 is 0 Å². The van der Waals surface area contributed by atoms with Crippen molar-refractivity contribution in [1.29, 1.82) is 0 Å². The summed E-state index contributed by atoms with van der Waals surface area (Å²) in [5.74, 6) is 0. The maximum atomic E-state index is 6.12. The largest absolute Gasteiger partial charge is 0.329 e. The van der Waals surface area contributed by atoms with E-state index in [-0.39, 0.29) is 5.54 Å². The van der Waals surface area contributed by atoms with Crippen molar-refractivity contribution in [2.45, 2.75) is 58.9 Å². The fraction of sp³-hybridized carbons (Fsp3) is 1.00. The molecule has 0 heterocycles. The molecule has 1 unspecified atom stereocenters. The van der Waals surface area contributed by atoms with Gasteiger partial charge in [-0.25, -0.2) is 0 Å². The molecule has 0 radical (unpaired) electrons. The molecule has 0 aromatic heterocycles. The Kier molecular flexibility index (Phi) is 4.19. The Morgan fingerprint density at radius 1 is 1.07 bits per heavy atom. The topological polar surface area (TPSA) is 29.3 Å². The van der Waals surface area contributed by atoms with E-state index in [0.717, 1.165) is 19.6 Å². The summed E-state index contributed by atoms with van der Waals surface area (Å²) in [5.41, 5.74) is 6.74. The number of hydrogen-bond donors (Lipinski definition) is 1. The van der Waals surface area contributed by atoms with Crippen LogP contribution in [0.4, 0.5) is 0 Å². The lowest BCUT2D eigenvalue weighted by atomic mass is 9.62. The van der Waals surface area contributed by atoms with Crippen molar-refractivity contribution in [1.82, 2.24) is 4.90 Å². The van der Waals surface area contributed by atoms with E-state index in [4.69, 9.17) is 5.73 Å². The van der Waals surface area contributed by atoms with Crippen molar-refractivity contribution < 1.29 is 0 Å². The van der Waals surface area contributed by atoms with Gasteiger partial charge in [-0.2, -0.15) is 0 Å². The molecule has 1 rings (SSSR count). The minimum absolute atomic E-state index is 0.245. The van der Waals surface area contributed by atoms with Crippen LogP contribution in [0.2, 0.25) is 0 Å². The molecule has 0 bridgehead atoms. The minimum atomic E-state index is 0.245. The maximum Gasteiger partial charge on any atom is 0.0382 e. The van der Waals surface area contributed by atoms with Gasteiger partial charge in [0.25, 0.3) is 0 Å². The second-order valence-corrected chi connectivity index (χ2v) is 5.50. The van der Waals surface area contributed by atoms with Gasteiger partial charge in [0, 0.05) is 12.1 Å². The summed E-state index contributed by atoms with van der Waals surface area (Å²) >= 11 is 0. The van der Waals surface area contributed by atoms with E-state index in [1.54, 1.807) is 0 Å². The molecular weight excluding hydrogens is 184 g/mol. The van der Waals surface area contributed by atoms with Crippen LogP contribution in [0, 0.1) is 5.41 Å². The van der Waals surface area contributed by atoms with Crippen LogP contribution >= 0.6 is 0 Å². The van der Waals surface area contributed by atoms with Gasteiger partial charge in [-0.1, -0.05) is 40.5 Å². The van der Waals surface area contributed by atoms with Gasteiger partial charge in [-0.05, 0) is 31.3 Å². The molecule has 15 heavy (non-hydrogen) atoms. The summed E-state index contributed by atoms with van der Waals surface area (Å²) in [6.07, 6.45) is 5.31. The monoisotopic (exact) mass is 212 g/mol. The Balaban J connectivity index is 2.98. The van der Waals surface area contributed by atoms with Gasteiger partial charge in [0.1, 0.15) is 0 Å². The molecule has 0 aromatic carbocycles. The summed E-state index contributed by atoms with van der Waals surface area (Å²) < 4.78 is 0. The third kappa shape index (κ3) is 2.07. The highest BCUT2D eigenvalue weighted by Gasteiger charge is 2.48. The molecule has 90 valence electrons. The zero-order valence-electron chi connectivity index (χ0n) is 11.0. The maximum absolute atomic E-state index is 6.12. The minimum Gasteiger partial charge on any atom is -0.329 e. The normalized spacial score (nSPS) is 30.8. The number of hydrogen-bond acceptors (Lipinski definition) is 2. The van der Waals surface area contributed by atoms with Crippen LogP contribution in [0.25, 0.3) is 0 Å². The zero-order chi connectivity index (χ0) is 11.5. The molecule has 1 saturated carbocycles. The highest BCUT2D eigenvalue weighted by molar-refractivity contribution is 5.04. The lowest BCUT2D eigenvalue weighted by molar-refractivity contribution is -0.0384. The van der Waals surface area contributed by atoms with Crippen molar-refractivity contribution >= 4 is 0 Å². The molecule has 1 aliphatic rings. The van der Waals surface area contributed by atoms with Crippen LogP contribution in [0.1, 0.15) is 53.4 Å². The molecule has 1 fully saturated rings. The van der Waals surface area contributed by atoms with Gasteiger partial charge in [-0.15, -0.1) is 0 Å². The van der Waals surface area contributed by atoms with Crippen LogP contribution in [0.3, 0.4) is 0 Å². The molecular formula is C13H28N2. The Morgan fingerprint density at radius 3 is 2.00 bits per heavy atom. The van der Waals surface area contributed by atoms with Crippen LogP contribution in [0.15, 0.2) is 0 Å². The van der Waals surface area contributed by atoms with Gasteiger partial charge in [0.15, 0.2) is 0 Å². The first-order chi connectivity index (χ1) is 7.04. The predicted octanol–water partition coefficient (Wildman–Crippen LogP) is 2.63. The molecule has 0 saturated heterocycles. The number of nitrogens with zero attached hydrogens (tertiary/aromatic N) is 1. The molecule has 1 aliphatic carbocycles. The summed E-state index contributed by atoms with van der Waals surface area (Å²) in [7, 11) is 0. The van der Waals surface area contributed by atoms with Crippen LogP contribution in [0.5, 0.6) is 0 Å². The zero-order valence-corrected chi connectivity index (χ0v) is 11.0. The molecule has 1 atom stereocenters. The van der Waals surface area contributed by atoms with E-state index in [9.17, 15) is 0 Å². The lowest BCUT2D eigenvalue weighted by Gasteiger charge is -2.55. The molecule has 0 amide bonds. The first kappa shape index (κ1) is 13.0. The fourth-order valence-electron chi connectivity index (χ4n) is 3.48. The predicted molar refractivity (Wildman–Crippen MR) is 67.0 cm³/mol. The van der Waals surface area contributed by atoms with Gasteiger partial charge in [-0.3, -0.25) is 4.90 Å². The van der Waals surface area contributed by atoms with Crippen molar-refractivity contribution in [3.63, 3.8) is 0 Å². The Morgan fingerprint density at radius 2 is 1.60 bits per heavy atom. The second kappa shape index (κ2) is 4.84. The summed E-state index contributed by atoms with van der Waals surface area (Å²) in [6.45, 7) is 12.4. The molecule has 0 aliphatic heterocycles. The van der Waals surface area contributed by atoms with E-state index in [0.29, 0.717) is 5.41 Å². The average Bonchev–Trinajstić information content (AvgIpc) is 2.22. The summed E-state index contributed by atoms with van der Waals surface area (Å²) in [4.78, 5) is 2.59. The number of rotatable bonds is 4. The van der Waals surface area contributed by atoms with Crippen LogP contribution in [-0.2, 0) is 0 Å². The third-order valence-electron chi connectivity index (χ3n) is 4.61. The molecule has 2 nitrogen and oxygen atoms in total. The van der Waals surface area contributed by atoms with E-state index >= 15 is 0 Å². The molecule has 0 aromatic rings. The number of nitrogens with two attached hydrogens (primary N) is 1. The smallest absolute Gasteiger partial charge is 0.0382 e. The highest BCUT2D eigenvalue weighted by Crippen LogP contribution is 2.46. The Bertz CT molecular complexity index is 197. The van der Waals surface area contributed by atoms with Gasteiger partial charge in [0.05, 0.1) is 0 Å². The summed E-state index contributed by atoms with van der Waals surface area (Å²) in [6, 6.07) is 0. The lowest BCUT2D eigenvalue weighted by Crippen LogP contribution is -2.63. The summed E-state index contributed by atoms with van der Waals surface area (Å²) in [5, 5.41) is 0. The van der Waals surface area contributed by atoms with Crippen molar-refractivity contribution in [3.8, 4) is 0 Å². The van der Waals surface area contributed by atoms with E-state index in [1.165, 1.54) is 25.7 Å². The molecule has 2 heteroatoms. The quantitative estimate of drug-likeness (QED) is 0.776. The molecule has 2 N–H and O–H groups in total. The Hall–Kier alpha value is -0.0800. The van der Waals surface area contributed by atoms with Crippen LogP contribution in [-0.4, -0.2) is 30.1 Å². The van der Waals surface area contributed by atoms with E-state index in [1.807, 2.05) is 0 Å². The van der Waals surface area contributed by atoms with Gasteiger partial charge in [0.2, 0.25) is 0 Å². The first-order valence-corrected chi connectivity index (χ1v) is 6.49. The Labute approximate surface area is 95.2 Å². The average molecular weight is 212 g/mol. The van der Waals surface area contributed by atoms with Crippen molar-refractivity contribution in [2.24, 2.45) is 11.1 Å². The van der Waals surface area contributed by atoms with Gasteiger partial charge >= 0.3 is 0 Å². The standard InChI is InChI=1S/C13H28N2/c1-5-15(6-2)13(11-14)10-8-7-9-12(13,3)4/h5-11,14H2,1-4H3. The third-order valence-corrected chi connectivity index (χ3v) is 4.61. The van der Waals surface area contributed by atoms with Crippen molar-refractivity contribution in [3.05, 3.63) is 0 Å².